The van der Waals surface area contributed by atoms with Crippen LogP contribution in [0.25, 0.3) is 16.8 Å². The fourth-order valence-electron chi connectivity index (χ4n) is 3.90. The highest BCUT2D eigenvalue weighted by atomic mass is 32.1. The van der Waals surface area contributed by atoms with Gasteiger partial charge in [0.25, 0.3) is 0 Å². The van der Waals surface area contributed by atoms with E-state index in [4.69, 9.17) is 14.5 Å². The molecule has 0 bridgehead atoms. The van der Waals surface area contributed by atoms with E-state index in [-0.39, 0.29) is 11.1 Å². The number of anilines is 1. The summed E-state index contributed by atoms with van der Waals surface area (Å²) in [5, 5.41) is 13.3. The van der Waals surface area contributed by atoms with Crippen molar-refractivity contribution < 1.29 is 19.1 Å². The van der Waals surface area contributed by atoms with Gasteiger partial charge in [0.1, 0.15) is 5.66 Å². The molecule has 0 saturated heterocycles. The zero-order valence-electron chi connectivity index (χ0n) is 18.6. The predicted octanol–water partition coefficient (Wildman–Crippen LogP) is 4.68. The van der Waals surface area contributed by atoms with Crippen LogP contribution in [0.15, 0.2) is 69.4 Å². The average Bonchev–Trinajstić information content (AvgIpc) is 3.50. The number of ether oxygens (including phenoxy) is 2. The summed E-state index contributed by atoms with van der Waals surface area (Å²) in [4.78, 5) is 30.6. The third kappa shape index (κ3) is 4.29. The highest BCUT2D eigenvalue weighted by Crippen LogP contribution is 2.40. The molecule has 0 radical (unpaired) electrons. The quantitative estimate of drug-likeness (QED) is 0.494. The molecule has 3 aromatic rings. The lowest BCUT2D eigenvalue weighted by molar-refractivity contribution is -0.136. The van der Waals surface area contributed by atoms with Gasteiger partial charge in [-0.05, 0) is 30.9 Å². The number of rotatable bonds is 6. The number of carbonyl (C=O) groups is 2. The van der Waals surface area contributed by atoms with Gasteiger partial charge >= 0.3 is 11.9 Å². The molecule has 1 aliphatic heterocycles. The van der Waals surface area contributed by atoms with Crippen molar-refractivity contribution in [2.75, 3.05) is 19.5 Å². The van der Waals surface area contributed by atoms with E-state index in [9.17, 15) is 9.59 Å². The van der Waals surface area contributed by atoms with Crippen LogP contribution in [-0.2, 0) is 19.1 Å². The second-order valence-corrected chi connectivity index (χ2v) is 9.16. The molecule has 2 aromatic heterocycles. The van der Waals surface area contributed by atoms with Crippen molar-refractivity contribution in [1.82, 2.24) is 10.3 Å². The number of aromatic nitrogens is 1. The third-order valence-electron chi connectivity index (χ3n) is 5.33. The first-order valence-electron chi connectivity index (χ1n) is 10.1. The van der Waals surface area contributed by atoms with Gasteiger partial charge in [-0.25, -0.2) is 14.6 Å². The second kappa shape index (κ2) is 9.21. The van der Waals surface area contributed by atoms with Gasteiger partial charge in [-0.15, -0.1) is 11.3 Å². The second-order valence-electron chi connectivity index (χ2n) is 7.52. The van der Waals surface area contributed by atoms with E-state index >= 15 is 0 Å². The van der Waals surface area contributed by atoms with Gasteiger partial charge in [-0.3, -0.25) is 0 Å². The van der Waals surface area contributed by atoms with Crippen LogP contribution < -0.4 is 10.6 Å². The number of carbonyl (C=O) groups excluding carboxylic acids is 2. The van der Waals surface area contributed by atoms with Crippen LogP contribution in [0.3, 0.4) is 0 Å². The first kappa shape index (κ1) is 22.8. The minimum atomic E-state index is -1.11. The zero-order valence-corrected chi connectivity index (χ0v) is 20.2. The Bertz CT molecular complexity index is 1250. The van der Waals surface area contributed by atoms with Crippen LogP contribution in [0.5, 0.6) is 0 Å². The molecule has 0 amide bonds. The number of hydrogen-bond acceptors (Lipinski definition) is 9. The van der Waals surface area contributed by atoms with Gasteiger partial charge in [0.2, 0.25) is 0 Å². The lowest BCUT2D eigenvalue weighted by Crippen LogP contribution is -2.55. The molecule has 170 valence electrons. The van der Waals surface area contributed by atoms with E-state index < -0.39 is 17.6 Å². The van der Waals surface area contributed by atoms with Crippen molar-refractivity contribution >= 4 is 45.3 Å². The average molecular weight is 482 g/mol. The Hall–Kier alpha value is -3.43. The molecule has 33 heavy (non-hydrogen) atoms. The minimum Gasteiger partial charge on any atom is -0.466 e. The molecular weight excluding hydrogens is 458 g/mol. The number of thiophene rings is 1. The molecule has 0 aliphatic carbocycles. The Morgan fingerprint density at radius 2 is 1.76 bits per heavy atom. The molecule has 1 atom stereocenters. The molecule has 0 spiro atoms. The summed E-state index contributed by atoms with van der Waals surface area (Å²) in [6.07, 6.45) is 0. The Morgan fingerprint density at radius 3 is 2.39 bits per heavy atom. The maximum absolute atomic E-state index is 13.2. The Kier molecular flexibility index (Phi) is 6.35. The third-order valence-corrected chi connectivity index (χ3v) is 6.77. The maximum atomic E-state index is 13.2. The van der Waals surface area contributed by atoms with Crippen molar-refractivity contribution in [3.05, 3.63) is 74.9 Å². The van der Waals surface area contributed by atoms with Gasteiger partial charge in [0.05, 0.1) is 31.1 Å². The zero-order chi connectivity index (χ0) is 23.6. The maximum Gasteiger partial charge on any atom is 0.340 e. The normalized spacial score (nSPS) is 18.1. The van der Waals surface area contributed by atoms with Crippen LogP contribution in [-0.4, -0.2) is 36.8 Å². The molecule has 3 heterocycles. The molecule has 1 unspecified atom stereocenters. The number of benzene rings is 1. The van der Waals surface area contributed by atoms with Crippen molar-refractivity contribution in [1.29, 1.82) is 0 Å². The molecule has 4 rings (SSSR count). The van der Waals surface area contributed by atoms with Crippen LogP contribution in [0.4, 0.5) is 5.13 Å². The van der Waals surface area contributed by atoms with E-state index in [0.717, 1.165) is 11.3 Å². The summed E-state index contributed by atoms with van der Waals surface area (Å²) < 4.78 is 10.2. The number of nitrogens with one attached hydrogen (secondary N) is 2. The Labute approximate surface area is 199 Å². The molecule has 7 nitrogen and oxygen atoms in total. The standard InChI is InChI=1S/C24H23N3O4S2/c1-14-18(21(28)30-3)19(15-8-6-5-7-9-15)20(22(29)31-4)24(2,26-14)27-23-25-17(13-33-23)16-10-11-32-12-16/h5-13,26H,1-4H3,(H,25,27). The number of nitrogens with zero attached hydrogens (tertiary/aromatic N) is 1. The van der Waals surface area contributed by atoms with Crippen molar-refractivity contribution in [2.24, 2.45) is 0 Å². The number of esters is 2. The smallest absolute Gasteiger partial charge is 0.340 e. The van der Waals surface area contributed by atoms with Crippen molar-refractivity contribution in [2.45, 2.75) is 19.5 Å². The Balaban J connectivity index is 1.87. The number of hydrogen-bond donors (Lipinski definition) is 2. The lowest BCUT2D eigenvalue weighted by Gasteiger charge is -2.40. The highest BCUT2D eigenvalue weighted by Gasteiger charge is 2.44. The van der Waals surface area contributed by atoms with E-state index in [2.05, 4.69) is 10.6 Å². The summed E-state index contributed by atoms with van der Waals surface area (Å²) >= 11 is 3.03. The summed E-state index contributed by atoms with van der Waals surface area (Å²) in [6.45, 7) is 3.60. The van der Waals surface area contributed by atoms with Crippen LogP contribution in [0.1, 0.15) is 19.4 Å². The summed E-state index contributed by atoms with van der Waals surface area (Å²) in [7, 11) is 2.63. The molecule has 9 heteroatoms. The number of allylic oxidation sites excluding steroid dienone is 1. The van der Waals surface area contributed by atoms with Gasteiger partial charge in [-0.1, -0.05) is 30.3 Å². The van der Waals surface area contributed by atoms with E-state index in [1.807, 2.05) is 59.5 Å². The van der Waals surface area contributed by atoms with E-state index in [0.29, 0.717) is 22.0 Å². The Morgan fingerprint density at radius 1 is 1.03 bits per heavy atom. The van der Waals surface area contributed by atoms with Gasteiger partial charge in [0.15, 0.2) is 5.13 Å². The predicted molar refractivity (Wildman–Crippen MR) is 131 cm³/mol. The molecule has 2 N–H and O–H groups in total. The fraction of sp³-hybridized carbons (Fsp3) is 0.208. The van der Waals surface area contributed by atoms with Gasteiger partial charge < -0.3 is 20.1 Å². The topological polar surface area (TPSA) is 89.5 Å². The van der Waals surface area contributed by atoms with Crippen LogP contribution in [0, 0.1) is 0 Å². The fourth-order valence-corrected chi connectivity index (χ4v) is 5.38. The summed E-state index contributed by atoms with van der Waals surface area (Å²) in [5.41, 5.74) is 3.03. The molecule has 1 aliphatic rings. The molecular formula is C24H23N3O4S2. The number of thiazole rings is 1. The number of methoxy groups -OCH3 is 2. The monoisotopic (exact) mass is 481 g/mol. The highest BCUT2D eigenvalue weighted by molar-refractivity contribution is 7.14. The molecule has 0 fully saturated rings. The van der Waals surface area contributed by atoms with E-state index in [1.165, 1.54) is 25.6 Å². The summed E-state index contributed by atoms with van der Waals surface area (Å²) in [5.74, 6) is -1.11. The largest absolute Gasteiger partial charge is 0.466 e. The van der Waals surface area contributed by atoms with Crippen LogP contribution in [0.2, 0.25) is 0 Å². The van der Waals surface area contributed by atoms with Gasteiger partial charge in [0, 0.05) is 27.6 Å². The van der Waals surface area contributed by atoms with Crippen LogP contribution >= 0.6 is 22.7 Å². The van der Waals surface area contributed by atoms with Gasteiger partial charge in [-0.2, -0.15) is 11.3 Å². The van der Waals surface area contributed by atoms with Crippen molar-refractivity contribution in [3.8, 4) is 11.3 Å². The minimum absolute atomic E-state index is 0.259. The summed E-state index contributed by atoms with van der Waals surface area (Å²) in [6, 6.07) is 11.3. The molecule has 1 aromatic carbocycles. The molecule has 0 saturated carbocycles. The lowest BCUT2D eigenvalue weighted by atomic mass is 9.82. The number of dihydropyridines is 1. The first-order chi connectivity index (χ1) is 15.9. The van der Waals surface area contributed by atoms with E-state index in [1.54, 1.807) is 18.3 Å². The first-order valence-corrected chi connectivity index (χ1v) is 11.9. The van der Waals surface area contributed by atoms with Crippen molar-refractivity contribution in [3.63, 3.8) is 0 Å². The SMILES string of the molecule is COC(=O)C1=C(C)NC(C)(Nc2nc(-c3ccsc3)cs2)C(C(=O)OC)=C1c1ccccc1.